The first kappa shape index (κ1) is 15.5. The maximum Gasteiger partial charge on any atom is 0.380 e. The van der Waals surface area contributed by atoms with E-state index in [1.165, 1.54) is 12.1 Å². The lowest BCUT2D eigenvalue weighted by Crippen LogP contribution is -2.19. The summed E-state index contributed by atoms with van der Waals surface area (Å²) in [6, 6.07) is 4.51. The van der Waals surface area contributed by atoms with Gasteiger partial charge in [0.2, 0.25) is 0 Å². The number of hydrogen-bond acceptors (Lipinski definition) is 5. The fourth-order valence-corrected chi connectivity index (χ4v) is 2.73. The molecule has 0 aromatic heterocycles. The van der Waals surface area contributed by atoms with Crippen molar-refractivity contribution in [3.05, 3.63) is 29.8 Å². The number of rotatable bonds is 5. The summed E-state index contributed by atoms with van der Waals surface area (Å²) in [6.45, 7) is 0.302. The topological polar surface area (TPSA) is 95.7 Å². The summed E-state index contributed by atoms with van der Waals surface area (Å²) in [4.78, 5) is 10.6. The molecular weight excluding hydrogens is 294 g/mol. The SMILES string of the molecule is NS(=O)(=O)Oc1ccc(C2=CCCCCC2)c(OC=O)c1. The van der Waals surface area contributed by atoms with Gasteiger partial charge in [-0.05, 0) is 43.4 Å². The predicted molar refractivity (Wildman–Crippen MR) is 77.9 cm³/mol. The molecule has 7 heteroatoms. The molecule has 0 aliphatic heterocycles. The van der Waals surface area contributed by atoms with E-state index in [4.69, 9.17) is 9.88 Å². The molecule has 0 saturated heterocycles. The molecule has 0 saturated carbocycles. The minimum atomic E-state index is -4.11. The number of carbonyl (C=O) groups excluding carboxylic acids is 1. The lowest BCUT2D eigenvalue weighted by Gasteiger charge is -2.12. The summed E-state index contributed by atoms with van der Waals surface area (Å²) in [7, 11) is -4.11. The summed E-state index contributed by atoms with van der Waals surface area (Å²) in [5.41, 5.74) is 1.86. The van der Waals surface area contributed by atoms with Crippen LogP contribution in [0.1, 0.15) is 37.7 Å². The van der Waals surface area contributed by atoms with Crippen LogP contribution in [0.5, 0.6) is 11.5 Å². The van der Waals surface area contributed by atoms with Gasteiger partial charge < -0.3 is 8.92 Å². The fraction of sp³-hybridized carbons (Fsp3) is 0.357. The predicted octanol–water partition coefficient (Wildman–Crippen LogP) is 2.15. The Morgan fingerprint density at radius 1 is 1.19 bits per heavy atom. The second-order valence-corrected chi connectivity index (χ2v) is 5.93. The second-order valence-electron chi connectivity index (χ2n) is 4.78. The molecule has 1 aromatic carbocycles. The van der Waals surface area contributed by atoms with Crippen molar-refractivity contribution < 1.29 is 22.1 Å². The van der Waals surface area contributed by atoms with E-state index in [0.29, 0.717) is 6.47 Å². The van der Waals surface area contributed by atoms with E-state index < -0.39 is 10.3 Å². The van der Waals surface area contributed by atoms with Gasteiger partial charge in [-0.25, -0.2) is 0 Å². The second kappa shape index (κ2) is 6.73. The molecule has 0 unspecified atom stereocenters. The van der Waals surface area contributed by atoms with Crippen LogP contribution in [0.3, 0.4) is 0 Å². The quantitative estimate of drug-likeness (QED) is 0.841. The van der Waals surface area contributed by atoms with Crippen molar-refractivity contribution in [2.24, 2.45) is 5.14 Å². The zero-order valence-electron chi connectivity index (χ0n) is 11.4. The van der Waals surface area contributed by atoms with E-state index >= 15 is 0 Å². The van der Waals surface area contributed by atoms with Crippen LogP contribution in [0.4, 0.5) is 0 Å². The van der Waals surface area contributed by atoms with Gasteiger partial charge in [0, 0.05) is 11.6 Å². The maximum absolute atomic E-state index is 10.9. The van der Waals surface area contributed by atoms with Crippen LogP contribution in [0.25, 0.3) is 5.57 Å². The average molecular weight is 311 g/mol. The Kier molecular flexibility index (Phi) is 4.98. The van der Waals surface area contributed by atoms with Crippen LogP contribution in [0.15, 0.2) is 24.3 Å². The third-order valence-electron chi connectivity index (χ3n) is 3.23. The third-order valence-corrected chi connectivity index (χ3v) is 3.65. The highest BCUT2D eigenvalue weighted by Gasteiger charge is 2.14. The highest BCUT2D eigenvalue weighted by atomic mass is 32.2. The van der Waals surface area contributed by atoms with Crippen molar-refractivity contribution in [1.29, 1.82) is 0 Å². The van der Waals surface area contributed by atoms with Gasteiger partial charge in [-0.2, -0.15) is 13.6 Å². The molecule has 21 heavy (non-hydrogen) atoms. The van der Waals surface area contributed by atoms with Crippen LogP contribution in [0.2, 0.25) is 0 Å². The van der Waals surface area contributed by atoms with Crippen molar-refractivity contribution in [3.8, 4) is 11.5 Å². The lowest BCUT2D eigenvalue weighted by molar-refractivity contribution is -0.120. The summed E-state index contributed by atoms with van der Waals surface area (Å²) < 4.78 is 31.4. The van der Waals surface area contributed by atoms with E-state index in [1.807, 2.05) is 0 Å². The van der Waals surface area contributed by atoms with Gasteiger partial charge in [-0.3, -0.25) is 4.79 Å². The molecule has 1 aliphatic rings. The van der Waals surface area contributed by atoms with Gasteiger partial charge in [-0.15, -0.1) is 0 Å². The van der Waals surface area contributed by atoms with Crippen molar-refractivity contribution in [1.82, 2.24) is 0 Å². The van der Waals surface area contributed by atoms with Crippen molar-refractivity contribution in [3.63, 3.8) is 0 Å². The zero-order chi connectivity index (χ0) is 15.3. The Hall–Kier alpha value is -1.86. The van der Waals surface area contributed by atoms with E-state index in [-0.39, 0.29) is 11.5 Å². The van der Waals surface area contributed by atoms with Crippen LogP contribution >= 0.6 is 0 Å². The summed E-state index contributed by atoms with van der Waals surface area (Å²) >= 11 is 0. The molecular formula is C14H17NO5S. The average Bonchev–Trinajstić information content (AvgIpc) is 2.66. The number of carbonyl (C=O) groups is 1. The molecule has 0 fully saturated rings. The van der Waals surface area contributed by atoms with Crippen LogP contribution in [-0.4, -0.2) is 14.9 Å². The van der Waals surface area contributed by atoms with Gasteiger partial charge in [0.05, 0.1) is 0 Å². The van der Waals surface area contributed by atoms with Gasteiger partial charge in [0.1, 0.15) is 11.5 Å². The molecule has 2 N–H and O–H groups in total. The molecule has 0 spiro atoms. The standard InChI is InChI=1S/C14H17NO5S/c15-21(17,18)20-12-7-8-13(14(9-12)19-10-16)11-5-3-1-2-4-6-11/h5,7-10H,1-4,6H2,(H2,15,17,18). The van der Waals surface area contributed by atoms with Crippen molar-refractivity contribution >= 4 is 22.3 Å². The van der Waals surface area contributed by atoms with E-state index in [0.717, 1.165) is 43.2 Å². The largest absolute Gasteiger partial charge is 0.428 e. The molecule has 2 rings (SSSR count). The van der Waals surface area contributed by atoms with Crippen LogP contribution in [0, 0.1) is 0 Å². The first-order valence-corrected chi connectivity index (χ1v) is 8.13. The first-order valence-electron chi connectivity index (χ1n) is 6.65. The Balaban J connectivity index is 2.36. The molecule has 0 heterocycles. The van der Waals surface area contributed by atoms with Crippen molar-refractivity contribution in [2.75, 3.05) is 0 Å². The van der Waals surface area contributed by atoms with Gasteiger partial charge in [0.15, 0.2) is 0 Å². The molecule has 0 bridgehead atoms. The fourth-order valence-electron chi connectivity index (χ4n) is 2.36. The summed E-state index contributed by atoms with van der Waals surface area (Å²) in [5.74, 6) is 0.270. The van der Waals surface area contributed by atoms with Gasteiger partial charge in [-0.1, -0.05) is 12.5 Å². The monoisotopic (exact) mass is 311 g/mol. The molecule has 6 nitrogen and oxygen atoms in total. The summed E-state index contributed by atoms with van der Waals surface area (Å²) in [6.07, 6.45) is 7.37. The van der Waals surface area contributed by atoms with Gasteiger partial charge in [0.25, 0.3) is 6.47 Å². The van der Waals surface area contributed by atoms with E-state index in [2.05, 4.69) is 10.3 Å². The molecule has 0 amide bonds. The smallest absolute Gasteiger partial charge is 0.380 e. The summed E-state index contributed by atoms with van der Waals surface area (Å²) in [5, 5.41) is 4.82. The molecule has 0 atom stereocenters. The first-order chi connectivity index (χ1) is 9.99. The minimum absolute atomic E-state index is 0.00678. The van der Waals surface area contributed by atoms with Crippen LogP contribution in [-0.2, 0) is 15.1 Å². The Morgan fingerprint density at radius 3 is 2.71 bits per heavy atom. The zero-order valence-corrected chi connectivity index (χ0v) is 12.3. The lowest BCUT2D eigenvalue weighted by atomic mass is 10.00. The number of ether oxygens (including phenoxy) is 1. The molecule has 114 valence electrons. The molecule has 0 radical (unpaired) electrons. The van der Waals surface area contributed by atoms with Gasteiger partial charge >= 0.3 is 10.3 Å². The van der Waals surface area contributed by atoms with Crippen LogP contribution < -0.4 is 14.1 Å². The maximum atomic E-state index is 10.9. The minimum Gasteiger partial charge on any atom is -0.428 e. The highest BCUT2D eigenvalue weighted by Crippen LogP contribution is 2.34. The van der Waals surface area contributed by atoms with Crippen molar-refractivity contribution in [2.45, 2.75) is 32.1 Å². The Morgan fingerprint density at radius 2 is 2.00 bits per heavy atom. The third kappa shape index (κ3) is 4.57. The number of benzene rings is 1. The number of allylic oxidation sites excluding steroid dienone is 2. The number of nitrogens with two attached hydrogens (primary N) is 1. The molecule has 1 aliphatic carbocycles. The van der Waals surface area contributed by atoms with E-state index in [9.17, 15) is 13.2 Å². The molecule has 1 aromatic rings. The highest BCUT2D eigenvalue weighted by molar-refractivity contribution is 7.84. The van der Waals surface area contributed by atoms with E-state index in [1.54, 1.807) is 6.07 Å². The number of hydrogen-bond donors (Lipinski definition) is 1. The Bertz CT molecular complexity index is 651. The Labute approximate surface area is 123 Å². The normalized spacial score (nSPS) is 15.8.